The highest BCUT2D eigenvalue weighted by Crippen LogP contribution is 2.34. The summed E-state index contributed by atoms with van der Waals surface area (Å²) in [6.07, 6.45) is -3.41. The second-order valence-corrected chi connectivity index (χ2v) is 10.9. The Labute approximate surface area is 227 Å². The van der Waals surface area contributed by atoms with Crippen molar-refractivity contribution in [2.45, 2.75) is 38.7 Å². The van der Waals surface area contributed by atoms with E-state index in [9.17, 15) is 27.9 Å². The van der Waals surface area contributed by atoms with Crippen molar-refractivity contribution in [3.8, 4) is 5.75 Å². The fourth-order valence-corrected chi connectivity index (χ4v) is 5.27. The van der Waals surface area contributed by atoms with E-state index in [2.05, 4.69) is 25.6 Å². The molecule has 11 nitrogen and oxygen atoms in total. The van der Waals surface area contributed by atoms with Crippen molar-refractivity contribution in [1.29, 1.82) is 0 Å². The van der Waals surface area contributed by atoms with E-state index in [1.807, 2.05) is 4.90 Å². The van der Waals surface area contributed by atoms with Gasteiger partial charge in [-0.15, -0.1) is 23.4 Å². The van der Waals surface area contributed by atoms with Crippen LogP contribution in [0.2, 0.25) is 0 Å². The average molecular weight is 573 g/mol. The van der Waals surface area contributed by atoms with Crippen LogP contribution in [0.15, 0.2) is 18.2 Å². The molecule has 0 saturated carbocycles. The molecule has 2 aromatic rings. The van der Waals surface area contributed by atoms with E-state index in [4.69, 9.17) is 4.74 Å². The lowest BCUT2D eigenvalue weighted by molar-refractivity contribution is -0.274. The molecule has 2 saturated heterocycles. The minimum absolute atomic E-state index is 0.00561. The van der Waals surface area contributed by atoms with Crippen molar-refractivity contribution in [3.05, 3.63) is 23.8 Å². The first-order valence-electron chi connectivity index (χ1n) is 12.5. The van der Waals surface area contributed by atoms with Crippen LogP contribution in [-0.4, -0.2) is 89.9 Å². The summed E-state index contributed by atoms with van der Waals surface area (Å²) in [6.45, 7) is 6.87. The Balaban J connectivity index is 1.42. The van der Waals surface area contributed by atoms with Crippen molar-refractivity contribution >= 4 is 39.1 Å². The maximum atomic E-state index is 12.9. The minimum Gasteiger partial charge on any atom is -0.404 e. The van der Waals surface area contributed by atoms with Crippen molar-refractivity contribution in [2.75, 3.05) is 61.5 Å². The Hall–Kier alpha value is -3.01. The molecule has 0 aliphatic carbocycles. The quantitative estimate of drug-likeness (QED) is 0.437. The molecule has 3 heterocycles. The van der Waals surface area contributed by atoms with Gasteiger partial charge in [-0.2, -0.15) is 0 Å². The molecule has 0 spiro atoms. The van der Waals surface area contributed by atoms with Crippen LogP contribution in [0, 0.1) is 5.92 Å². The second kappa shape index (κ2) is 12.0. The highest BCUT2D eigenvalue weighted by Gasteiger charge is 2.33. The number of carbonyl (C=O) groups excluding carboxylic acids is 2. The number of alkyl halides is 3. The molecule has 214 valence electrons. The summed E-state index contributed by atoms with van der Waals surface area (Å²) in [4.78, 5) is 29.3. The van der Waals surface area contributed by atoms with Crippen LogP contribution in [0.1, 0.15) is 37.0 Å². The molecule has 39 heavy (non-hydrogen) atoms. The number of hydrogen-bond acceptors (Lipinski definition) is 10. The summed E-state index contributed by atoms with van der Waals surface area (Å²) in [5, 5.41) is 24.3. The van der Waals surface area contributed by atoms with Crippen LogP contribution in [0.25, 0.3) is 0 Å². The Morgan fingerprint density at radius 3 is 2.46 bits per heavy atom. The number of halogens is 3. The lowest BCUT2D eigenvalue weighted by Gasteiger charge is -2.37. The highest BCUT2D eigenvalue weighted by atomic mass is 32.1. The zero-order valence-corrected chi connectivity index (χ0v) is 22.4. The number of anilines is 3. The normalized spacial score (nSPS) is 17.6. The number of morpholine rings is 1. The second-order valence-electron chi connectivity index (χ2n) is 9.95. The summed E-state index contributed by atoms with van der Waals surface area (Å²) >= 11 is 1.17. The zero-order chi connectivity index (χ0) is 28.2. The summed E-state index contributed by atoms with van der Waals surface area (Å²) in [5.74, 6) is -1.65. The number of carbonyl (C=O) groups is 2. The van der Waals surface area contributed by atoms with Crippen molar-refractivity contribution < 1.29 is 37.3 Å². The largest absolute Gasteiger partial charge is 0.573 e. The topological polar surface area (TPSA) is 129 Å². The van der Waals surface area contributed by atoms with Crippen LogP contribution in [0.3, 0.4) is 0 Å². The number of hydrogen-bond donors (Lipinski definition) is 3. The first-order valence-corrected chi connectivity index (χ1v) is 13.3. The molecule has 1 aromatic heterocycles. The molecule has 3 N–H and O–H groups in total. The molecule has 0 radical (unpaired) electrons. The van der Waals surface area contributed by atoms with Crippen LogP contribution in [0.4, 0.5) is 29.1 Å². The number of nitrogens with one attached hydrogen (secondary N) is 2. The van der Waals surface area contributed by atoms with Crippen molar-refractivity contribution in [3.63, 3.8) is 0 Å². The summed E-state index contributed by atoms with van der Waals surface area (Å²) < 4.78 is 48.1. The number of nitrogens with zero attached hydrogens (tertiary/aromatic N) is 4. The van der Waals surface area contributed by atoms with Gasteiger partial charge < -0.3 is 24.8 Å². The van der Waals surface area contributed by atoms with E-state index in [-0.39, 0.29) is 28.8 Å². The first kappa shape index (κ1) is 29.0. The fourth-order valence-electron chi connectivity index (χ4n) is 4.47. The monoisotopic (exact) mass is 572 g/mol. The van der Waals surface area contributed by atoms with Crippen molar-refractivity contribution in [2.24, 2.45) is 5.92 Å². The number of ether oxygens (including phenoxy) is 2. The summed E-state index contributed by atoms with van der Waals surface area (Å²) in [5.41, 5.74) is -1.05. The Bertz CT molecular complexity index is 1160. The number of aromatic nitrogens is 2. The Kier molecular flexibility index (Phi) is 8.93. The van der Waals surface area contributed by atoms with Gasteiger partial charge in [-0.05, 0) is 50.8 Å². The Morgan fingerprint density at radius 2 is 1.82 bits per heavy atom. The van der Waals surface area contributed by atoms with Crippen LogP contribution in [0.5, 0.6) is 5.75 Å². The number of rotatable bonds is 8. The standard InChI is InChI=1S/C24H31F3N6O5S/c1-23(2,36)16-5-7-33(8-6-16)22-31-30-21(39-22)29-20(35)15-3-4-18(38-24(25,26)27)17(13-15)28-19(34)14-32-9-11-37-12-10-32/h3-4,13,16,36H,5-12,14H2,1-2H3,(H,28,34)(H,29,30,35). The van der Waals surface area contributed by atoms with Crippen LogP contribution in [-0.2, 0) is 9.53 Å². The van der Waals surface area contributed by atoms with Gasteiger partial charge in [0, 0.05) is 31.7 Å². The van der Waals surface area contributed by atoms with Crippen LogP contribution < -0.4 is 20.3 Å². The molecule has 0 atom stereocenters. The van der Waals surface area contributed by atoms with E-state index in [1.54, 1.807) is 18.7 Å². The molecule has 0 unspecified atom stereocenters. The van der Waals surface area contributed by atoms with Gasteiger partial charge >= 0.3 is 6.36 Å². The van der Waals surface area contributed by atoms with Gasteiger partial charge in [-0.3, -0.25) is 19.8 Å². The van der Waals surface area contributed by atoms with Gasteiger partial charge in [-0.1, -0.05) is 11.3 Å². The third kappa shape index (κ3) is 8.24. The van der Waals surface area contributed by atoms with E-state index in [0.29, 0.717) is 44.5 Å². The van der Waals surface area contributed by atoms with E-state index < -0.39 is 29.5 Å². The third-order valence-corrected chi connectivity index (χ3v) is 7.51. The lowest BCUT2D eigenvalue weighted by Crippen LogP contribution is -2.41. The maximum absolute atomic E-state index is 12.9. The third-order valence-electron chi connectivity index (χ3n) is 6.61. The predicted octanol–water partition coefficient (Wildman–Crippen LogP) is 2.95. The summed E-state index contributed by atoms with van der Waals surface area (Å²) in [6, 6.07) is 3.26. The molecule has 2 fully saturated rings. The van der Waals surface area contributed by atoms with E-state index in [0.717, 1.165) is 31.0 Å². The summed E-state index contributed by atoms with van der Waals surface area (Å²) in [7, 11) is 0. The zero-order valence-electron chi connectivity index (χ0n) is 21.6. The lowest BCUT2D eigenvalue weighted by atomic mass is 9.83. The molecule has 4 rings (SSSR count). The van der Waals surface area contributed by atoms with Gasteiger partial charge in [0.25, 0.3) is 5.91 Å². The average Bonchev–Trinajstić information content (AvgIpc) is 3.33. The van der Waals surface area contributed by atoms with Gasteiger partial charge in [0.15, 0.2) is 5.75 Å². The molecule has 15 heteroatoms. The molecule has 2 aliphatic rings. The van der Waals surface area contributed by atoms with E-state index >= 15 is 0 Å². The first-order chi connectivity index (χ1) is 18.4. The number of benzene rings is 1. The molecule has 2 amide bonds. The smallest absolute Gasteiger partial charge is 0.404 e. The number of aliphatic hydroxyl groups is 1. The fraction of sp³-hybridized carbons (Fsp3) is 0.583. The molecule has 2 aliphatic heterocycles. The molecular formula is C24H31F3N6O5S. The minimum atomic E-state index is -4.99. The maximum Gasteiger partial charge on any atom is 0.573 e. The Morgan fingerprint density at radius 1 is 1.13 bits per heavy atom. The molecular weight excluding hydrogens is 541 g/mol. The molecule has 1 aromatic carbocycles. The molecule has 0 bridgehead atoms. The van der Waals surface area contributed by atoms with E-state index in [1.165, 1.54) is 11.3 Å². The SMILES string of the molecule is CC(C)(O)C1CCN(c2nnc(NC(=O)c3ccc(OC(F)(F)F)c(NC(=O)CN4CCOCC4)c3)s2)CC1. The van der Waals surface area contributed by atoms with Crippen LogP contribution >= 0.6 is 11.3 Å². The van der Waals surface area contributed by atoms with Gasteiger partial charge in [0.05, 0.1) is 31.0 Å². The predicted molar refractivity (Wildman–Crippen MR) is 138 cm³/mol. The van der Waals surface area contributed by atoms with Gasteiger partial charge in [0.1, 0.15) is 0 Å². The van der Waals surface area contributed by atoms with Crippen molar-refractivity contribution in [1.82, 2.24) is 15.1 Å². The number of piperidine rings is 1. The van der Waals surface area contributed by atoms with Gasteiger partial charge in [0.2, 0.25) is 16.2 Å². The number of amides is 2. The highest BCUT2D eigenvalue weighted by molar-refractivity contribution is 7.19. The van der Waals surface area contributed by atoms with Gasteiger partial charge in [-0.25, -0.2) is 0 Å².